The smallest absolute Gasteiger partial charge is 0.0541 e. The van der Waals surface area contributed by atoms with Gasteiger partial charge in [-0.05, 0) is 94.4 Å². The molecule has 0 aliphatic rings. The summed E-state index contributed by atoms with van der Waals surface area (Å²) in [4.78, 5) is 0. The van der Waals surface area contributed by atoms with Gasteiger partial charge in [-0.15, -0.1) is 0 Å². The maximum absolute atomic E-state index is 2.40. The molecule has 0 unspecified atom stereocenters. The van der Waals surface area contributed by atoms with Gasteiger partial charge in [-0.3, -0.25) is 0 Å². The van der Waals surface area contributed by atoms with Crippen molar-refractivity contribution in [2.24, 2.45) is 0 Å². The molecule has 0 spiro atoms. The summed E-state index contributed by atoms with van der Waals surface area (Å²) in [6, 6.07) is 68.1. The molecular formula is C51H36N2. The highest BCUT2D eigenvalue weighted by atomic mass is 15.0. The Balaban J connectivity index is 0.901. The van der Waals surface area contributed by atoms with Crippen LogP contribution in [-0.4, -0.2) is 9.13 Å². The lowest BCUT2D eigenvalue weighted by atomic mass is 10.0. The fourth-order valence-corrected chi connectivity index (χ4v) is 8.02. The summed E-state index contributed by atoms with van der Waals surface area (Å²) in [5.41, 5.74) is 15.7. The van der Waals surface area contributed by atoms with Crippen LogP contribution in [0.2, 0.25) is 0 Å². The normalized spacial score (nSPS) is 11.8. The molecule has 2 nitrogen and oxygen atoms in total. The molecule has 0 radical (unpaired) electrons. The van der Waals surface area contributed by atoms with E-state index in [9.17, 15) is 0 Å². The molecule has 53 heavy (non-hydrogen) atoms. The zero-order valence-corrected chi connectivity index (χ0v) is 29.4. The summed E-state index contributed by atoms with van der Waals surface area (Å²) in [5, 5.41) is 5.10. The Morgan fingerprint density at radius 3 is 1.42 bits per heavy atom. The quantitative estimate of drug-likeness (QED) is 0.155. The van der Waals surface area contributed by atoms with Crippen molar-refractivity contribution in [3.63, 3.8) is 0 Å². The number of rotatable bonds is 6. The highest BCUT2D eigenvalue weighted by Gasteiger charge is 2.15. The predicted molar refractivity (Wildman–Crippen MR) is 226 cm³/mol. The van der Waals surface area contributed by atoms with Crippen molar-refractivity contribution in [1.29, 1.82) is 0 Å². The lowest BCUT2D eigenvalue weighted by molar-refractivity contribution is 1.15. The largest absolute Gasteiger partial charge is 0.309 e. The summed E-state index contributed by atoms with van der Waals surface area (Å²) in [6.07, 6.45) is 4.39. The SMILES string of the molecule is Cc1ccccc1-n1c2ccccc2c2cc(-c3ccc(C=Cc4ccc(-c5cccc(-n6c7ccccc7c7ccccc76)c5)cc4)cc3)ccc21. The molecule has 10 rings (SSSR count). The van der Waals surface area contributed by atoms with Crippen molar-refractivity contribution in [3.05, 3.63) is 205 Å². The van der Waals surface area contributed by atoms with Crippen molar-refractivity contribution < 1.29 is 0 Å². The minimum atomic E-state index is 1.17. The molecule has 0 bridgehead atoms. The van der Waals surface area contributed by atoms with Crippen molar-refractivity contribution in [3.8, 4) is 33.6 Å². The molecule has 2 heteroatoms. The molecule has 10 aromatic rings. The van der Waals surface area contributed by atoms with E-state index < -0.39 is 0 Å². The Morgan fingerprint density at radius 1 is 0.340 bits per heavy atom. The molecule has 250 valence electrons. The minimum absolute atomic E-state index is 1.17. The van der Waals surface area contributed by atoms with Crippen LogP contribution in [0.4, 0.5) is 0 Å². The zero-order chi connectivity index (χ0) is 35.3. The number of aryl methyl sites for hydroxylation is 1. The summed E-state index contributed by atoms with van der Waals surface area (Å²) in [7, 11) is 0. The van der Waals surface area contributed by atoms with Crippen LogP contribution in [0.1, 0.15) is 16.7 Å². The molecule has 0 saturated heterocycles. The summed E-state index contributed by atoms with van der Waals surface area (Å²) in [5.74, 6) is 0. The topological polar surface area (TPSA) is 9.86 Å². The molecule has 2 aromatic heterocycles. The highest BCUT2D eigenvalue weighted by molar-refractivity contribution is 6.11. The van der Waals surface area contributed by atoms with Gasteiger partial charge in [-0.25, -0.2) is 0 Å². The van der Waals surface area contributed by atoms with Crippen LogP contribution in [0.3, 0.4) is 0 Å². The lowest BCUT2D eigenvalue weighted by Crippen LogP contribution is -1.96. The van der Waals surface area contributed by atoms with Crippen LogP contribution in [0, 0.1) is 6.92 Å². The van der Waals surface area contributed by atoms with Gasteiger partial charge in [0.15, 0.2) is 0 Å². The number of para-hydroxylation sites is 4. The van der Waals surface area contributed by atoms with Crippen LogP contribution in [0.15, 0.2) is 188 Å². The van der Waals surface area contributed by atoms with Crippen LogP contribution >= 0.6 is 0 Å². The average Bonchev–Trinajstić information content (AvgIpc) is 3.73. The third kappa shape index (κ3) is 5.35. The van der Waals surface area contributed by atoms with Gasteiger partial charge in [0, 0.05) is 32.9 Å². The van der Waals surface area contributed by atoms with Crippen molar-refractivity contribution >= 4 is 55.8 Å². The fourth-order valence-electron chi connectivity index (χ4n) is 8.02. The number of hydrogen-bond acceptors (Lipinski definition) is 0. The third-order valence-corrected chi connectivity index (χ3v) is 10.7. The van der Waals surface area contributed by atoms with Gasteiger partial charge in [-0.1, -0.05) is 152 Å². The molecule has 8 aromatic carbocycles. The first kappa shape index (κ1) is 30.9. The lowest BCUT2D eigenvalue weighted by Gasteiger charge is -2.11. The molecule has 0 fully saturated rings. The number of nitrogens with zero attached hydrogens (tertiary/aromatic N) is 2. The Bertz CT molecular complexity index is 2940. The Kier molecular flexibility index (Phi) is 7.40. The third-order valence-electron chi connectivity index (χ3n) is 10.7. The molecule has 2 heterocycles. The van der Waals surface area contributed by atoms with E-state index in [0.29, 0.717) is 0 Å². The van der Waals surface area contributed by atoms with Crippen LogP contribution in [0.5, 0.6) is 0 Å². The van der Waals surface area contributed by atoms with Gasteiger partial charge in [0.05, 0.1) is 22.1 Å². The molecule has 0 N–H and O–H groups in total. The van der Waals surface area contributed by atoms with E-state index in [-0.39, 0.29) is 0 Å². The monoisotopic (exact) mass is 676 g/mol. The molecular weight excluding hydrogens is 641 g/mol. The number of fused-ring (bicyclic) bond motifs is 6. The Morgan fingerprint density at radius 2 is 0.811 bits per heavy atom. The standard InChI is InChI=1S/C51H36N2/c1-35-11-2-6-17-47(35)53-50-20-9-5-16-45(50)46-34-41(31-32-51(46)53)39-29-25-37(26-30-39)22-21-36-23-27-38(28-24-36)40-12-10-13-42(33-40)52-48-18-7-3-14-43(48)44-15-4-8-19-49(44)52/h2-34H,1H3. The van der Waals surface area contributed by atoms with Gasteiger partial charge >= 0.3 is 0 Å². The van der Waals surface area contributed by atoms with Gasteiger partial charge in [0.2, 0.25) is 0 Å². The van der Waals surface area contributed by atoms with E-state index in [1.165, 1.54) is 93.9 Å². The summed E-state index contributed by atoms with van der Waals surface area (Å²) < 4.78 is 4.77. The van der Waals surface area contributed by atoms with E-state index >= 15 is 0 Å². The van der Waals surface area contributed by atoms with E-state index in [2.05, 4.69) is 216 Å². The van der Waals surface area contributed by atoms with Crippen LogP contribution in [0.25, 0.3) is 89.4 Å². The van der Waals surface area contributed by atoms with E-state index in [1.807, 2.05) is 0 Å². The molecule has 0 amide bonds. The second-order valence-electron chi connectivity index (χ2n) is 13.9. The minimum Gasteiger partial charge on any atom is -0.309 e. The molecule has 0 aliphatic heterocycles. The van der Waals surface area contributed by atoms with Crippen molar-refractivity contribution in [1.82, 2.24) is 9.13 Å². The second-order valence-corrected chi connectivity index (χ2v) is 13.9. The average molecular weight is 677 g/mol. The first-order valence-electron chi connectivity index (χ1n) is 18.3. The van der Waals surface area contributed by atoms with Crippen LogP contribution < -0.4 is 0 Å². The Hall–Kier alpha value is -6.90. The van der Waals surface area contributed by atoms with Gasteiger partial charge in [-0.2, -0.15) is 0 Å². The number of aromatic nitrogens is 2. The number of benzene rings is 8. The molecule has 0 saturated carbocycles. The van der Waals surface area contributed by atoms with Crippen LogP contribution in [-0.2, 0) is 0 Å². The summed E-state index contributed by atoms with van der Waals surface area (Å²) >= 11 is 0. The van der Waals surface area contributed by atoms with Gasteiger partial charge < -0.3 is 9.13 Å². The summed E-state index contributed by atoms with van der Waals surface area (Å²) in [6.45, 7) is 2.18. The Labute approximate surface area is 309 Å². The number of hydrogen-bond donors (Lipinski definition) is 0. The molecule has 0 aliphatic carbocycles. The van der Waals surface area contributed by atoms with Crippen molar-refractivity contribution in [2.45, 2.75) is 6.92 Å². The zero-order valence-electron chi connectivity index (χ0n) is 29.4. The second kappa shape index (κ2) is 12.7. The van der Waals surface area contributed by atoms with Crippen molar-refractivity contribution in [2.75, 3.05) is 0 Å². The maximum Gasteiger partial charge on any atom is 0.0541 e. The molecule has 0 atom stereocenters. The van der Waals surface area contributed by atoms with E-state index in [4.69, 9.17) is 0 Å². The predicted octanol–water partition coefficient (Wildman–Crippen LogP) is 13.7. The van der Waals surface area contributed by atoms with E-state index in [0.717, 1.165) is 0 Å². The van der Waals surface area contributed by atoms with Gasteiger partial charge in [0.1, 0.15) is 0 Å². The fraction of sp³-hybridized carbons (Fsp3) is 0.0196. The van der Waals surface area contributed by atoms with Gasteiger partial charge in [0.25, 0.3) is 0 Å². The maximum atomic E-state index is 2.40. The highest BCUT2D eigenvalue weighted by Crippen LogP contribution is 2.36. The first-order valence-corrected chi connectivity index (χ1v) is 18.3. The first-order chi connectivity index (χ1) is 26.2. The van der Waals surface area contributed by atoms with E-state index in [1.54, 1.807) is 0 Å².